The summed E-state index contributed by atoms with van der Waals surface area (Å²) in [6.07, 6.45) is 1.84. The maximum atomic E-state index is 12.5. The molecule has 6 heteroatoms. The Morgan fingerprint density at radius 3 is 2.74 bits per heavy atom. The lowest BCUT2D eigenvalue weighted by molar-refractivity contribution is -0.136. The van der Waals surface area contributed by atoms with E-state index in [1.165, 1.54) is 0 Å². The molecule has 104 valence electrons. The first kappa shape index (κ1) is 12.9. The summed E-state index contributed by atoms with van der Waals surface area (Å²) >= 11 is 1.67. The second-order valence-electron chi connectivity index (χ2n) is 5.37. The molecule has 2 saturated heterocycles. The highest BCUT2D eigenvalue weighted by molar-refractivity contribution is 7.13. The Labute approximate surface area is 117 Å². The topological polar surface area (TPSA) is 48.5 Å². The zero-order chi connectivity index (χ0) is 13.2. The number of hydrogen-bond acceptors (Lipinski definition) is 5. The van der Waals surface area contributed by atoms with E-state index >= 15 is 0 Å². The molecule has 2 fully saturated rings. The number of aromatic nitrogens is 1. The molecule has 3 heterocycles. The lowest BCUT2D eigenvalue weighted by Gasteiger charge is -2.36. The number of piperazine rings is 1. The van der Waals surface area contributed by atoms with Gasteiger partial charge in [-0.3, -0.25) is 4.79 Å². The number of nitrogens with one attached hydrogen (secondary N) is 1. The minimum Gasteiger partial charge on any atom is -0.345 e. The highest BCUT2D eigenvalue weighted by Crippen LogP contribution is 2.22. The van der Waals surface area contributed by atoms with Crippen LogP contribution in [0.1, 0.15) is 6.92 Å². The lowest BCUT2D eigenvalue weighted by atomic mass is 9.96. The van der Waals surface area contributed by atoms with Crippen LogP contribution in [0.4, 0.5) is 5.13 Å². The number of nitrogens with zero attached hydrogens (tertiary/aromatic N) is 3. The van der Waals surface area contributed by atoms with Gasteiger partial charge in [0.2, 0.25) is 5.91 Å². The molecule has 0 radical (unpaired) electrons. The van der Waals surface area contributed by atoms with Gasteiger partial charge in [-0.05, 0) is 12.5 Å². The molecule has 0 saturated carbocycles. The summed E-state index contributed by atoms with van der Waals surface area (Å²) in [6.45, 7) is 7.40. The molecule has 0 aromatic carbocycles. The van der Waals surface area contributed by atoms with Crippen molar-refractivity contribution in [2.75, 3.05) is 44.2 Å². The summed E-state index contributed by atoms with van der Waals surface area (Å²) in [4.78, 5) is 21.1. The Balaban J connectivity index is 1.56. The van der Waals surface area contributed by atoms with Crippen LogP contribution in [0.2, 0.25) is 0 Å². The number of carbonyl (C=O) groups is 1. The van der Waals surface area contributed by atoms with Crippen LogP contribution < -0.4 is 10.2 Å². The third-order valence-electron chi connectivity index (χ3n) is 4.12. The van der Waals surface area contributed by atoms with E-state index in [0.29, 0.717) is 11.8 Å². The highest BCUT2D eigenvalue weighted by Gasteiger charge is 2.34. The van der Waals surface area contributed by atoms with Gasteiger partial charge in [-0.15, -0.1) is 11.3 Å². The number of hydrogen-bond donors (Lipinski definition) is 1. The van der Waals surface area contributed by atoms with E-state index in [1.54, 1.807) is 11.3 Å². The van der Waals surface area contributed by atoms with Crippen LogP contribution in [0.3, 0.4) is 0 Å². The molecule has 3 rings (SSSR count). The summed E-state index contributed by atoms with van der Waals surface area (Å²) in [5.74, 6) is 0.965. The molecular weight excluding hydrogens is 260 g/mol. The van der Waals surface area contributed by atoms with Crippen LogP contribution in [0, 0.1) is 11.8 Å². The van der Waals surface area contributed by atoms with E-state index in [1.807, 2.05) is 16.5 Å². The van der Waals surface area contributed by atoms with E-state index in [-0.39, 0.29) is 5.92 Å². The summed E-state index contributed by atoms with van der Waals surface area (Å²) < 4.78 is 0. The standard InChI is InChI=1S/C13H20N4OS/c1-10-8-14-9-11(10)12(18)16-3-5-17(6-4-16)13-15-2-7-19-13/h2,7,10-11,14H,3-6,8-9H2,1H3/t10-,11-/m1/s1. The maximum Gasteiger partial charge on any atom is 0.227 e. The first-order chi connectivity index (χ1) is 9.25. The molecule has 19 heavy (non-hydrogen) atoms. The van der Waals surface area contributed by atoms with E-state index < -0.39 is 0 Å². The Morgan fingerprint density at radius 2 is 2.16 bits per heavy atom. The average Bonchev–Trinajstić information content (AvgIpc) is 3.09. The van der Waals surface area contributed by atoms with Crippen molar-refractivity contribution in [2.45, 2.75) is 6.92 Å². The van der Waals surface area contributed by atoms with Gasteiger partial charge in [-0.2, -0.15) is 0 Å². The Hall–Kier alpha value is -1.14. The van der Waals surface area contributed by atoms with Gasteiger partial charge in [-0.25, -0.2) is 4.98 Å². The van der Waals surface area contributed by atoms with Crippen LogP contribution in [0.25, 0.3) is 0 Å². The van der Waals surface area contributed by atoms with Crippen molar-refractivity contribution in [3.8, 4) is 0 Å². The fourth-order valence-corrected chi connectivity index (χ4v) is 3.56. The van der Waals surface area contributed by atoms with E-state index in [4.69, 9.17) is 0 Å². The predicted octanol–water partition coefficient (Wildman–Crippen LogP) is 0.647. The Morgan fingerprint density at radius 1 is 1.37 bits per heavy atom. The quantitative estimate of drug-likeness (QED) is 0.864. The summed E-state index contributed by atoms with van der Waals surface area (Å²) in [5, 5.41) is 6.38. The van der Waals surface area contributed by atoms with Gasteiger partial charge in [0.05, 0.1) is 5.92 Å². The first-order valence-corrected chi connectivity index (χ1v) is 7.77. The van der Waals surface area contributed by atoms with E-state index in [2.05, 4.69) is 22.1 Å². The van der Waals surface area contributed by atoms with Crippen LogP contribution in [0.5, 0.6) is 0 Å². The molecule has 2 aliphatic heterocycles. The first-order valence-electron chi connectivity index (χ1n) is 6.89. The molecule has 0 spiro atoms. The number of amides is 1. The average molecular weight is 280 g/mol. The molecule has 0 unspecified atom stereocenters. The number of rotatable bonds is 2. The number of thiazole rings is 1. The van der Waals surface area contributed by atoms with Crippen LogP contribution in [-0.2, 0) is 4.79 Å². The fourth-order valence-electron chi connectivity index (χ4n) is 2.87. The predicted molar refractivity (Wildman–Crippen MR) is 76.4 cm³/mol. The zero-order valence-electron chi connectivity index (χ0n) is 11.2. The molecule has 1 aromatic heterocycles. The van der Waals surface area contributed by atoms with Crippen molar-refractivity contribution in [3.05, 3.63) is 11.6 Å². The second kappa shape index (κ2) is 5.46. The van der Waals surface area contributed by atoms with Crippen molar-refractivity contribution in [1.82, 2.24) is 15.2 Å². The number of anilines is 1. The van der Waals surface area contributed by atoms with Crippen LogP contribution in [-0.4, -0.2) is 55.1 Å². The summed E-state index contributed by atoms with van der Waals surface area (Å²) in [6, 6.07) is 0. The summed E-state index contributed by atoms with van der Waals surface area (Å²) in [5.41, 5.74) is 0. The second-order valence-corrected chi connectivity index (χ2v) is 6.24. The van der Waals surface area contributed by atoms with Gasteiger partial charge >= 0.3 is 0 Å². The molecule has 0 bridgehead atoms. The smallest absolute Gasteiger partial charge is 0.227 e. The molecule has 2 aliphatic rings. The molecule has 2 atom stereocenters. The SMILES string of the molecule is C[C@@H]1CNC[C@H]1C(=O)N1CCN(c2nccs2)CC1. The van der Waals surface area contributed by atoms with Crippen LogP contribution in [0.15, 0.2) is 11.6 Å². The fraction of sp³-hybridized carbons (Fsp3) is 0.692. The van der Waals surface area contributed by atoms with Crippen molar-refractivity contribution in [3.63, 3.8) is 0 Å². The van der Waals surface area contributed by atoms with Gasteiger partial charge in [-0.1, -0.05) is 6.92 Å². The normalized spacial score (nSPS) is 27.8. The van der Waals surface area contributed by atoms with Crippen molar-refractivity contribution < 1.29 is 4.79 Å². The number of carbonyl (C=O) groups excluding carboxylic acids is 1. The van der Waals surface area contributed by atoms with E-state index in [9.17, 15) is 4.79 Å². The summed E-state index contributed by atoms with van der Waals surface area (Å²) in [7, 11) is 0. The van der Waals surface area contributed by atoms with Crippen molar-refractivity contribution in [1.29, 1.82) is 0 Å². The van der Waals surface area contributed by atoms with E-state index in [0.717, 1.165) is 44.4 Å². The van der Waals surface area contributed by atoms with Gasteiger partial charge in [0.1, 0.15) is 0 Å². The zero-order valence-corrected chi connectivity index (χ0v) is 12.0. The minimum atomic E-state index is 0.173. The molecule has 0 aliphatic carbocycles. The van der Waals surface area contributed by atoms with Crippen molar-refractivity contribution >= 4 is 22.4 Å². The Kier molecular flexibility index (Phi) is 3.70. The molecule has 1 amide bonds. The largest absolute Gasteiger partial charge is 0.345 e. The van der Waals surface area contributed by atoms with Gasteiger partial charge < -0.3 is 15.1 Å². The Bertz CT molecular complexity index is 428. The molecule has 5 nitrogen and oxygen atoms in total. The van der Waals surface area contributed by atoms with Gasteiger partial charge in [0.25, 0.3) is 0 Å². The van der Waals surface area contributed by atoms with Gasteiger partial charge in [0, 0.05) is 44.3 Å². The lowest BCUT2D eigenvalue weighted by Crippen LogP contribution is -2.51. The minimum absolute atomic E-state index is 0.173. The molecule has 1 N–H and O–H groups in total. The van der Waals surface area contributed by atoms with Gasteiger partial charge in [0.15, 0.2) is 5.13 Å². The molecular formula is C13H20N4OS. The van der Waals surface area contributed by atoms with Crippen molar-refractivity contribution in [2.24, 2.45) is 11.8 Å². The monoisotopic (exact) mass is 280 g/mol. The van der Waals surface area contributed by atoms with Crippen LogP contribution >= 0.6 is 11.3 Å². The maximum absolute atomic E-state index is 12.5. The third kappa shape index (κ3) is 2.60. The molecule has 1 aromatic rings. The third-order valence-corrected chi connectivity index (χ3v) is 4.95. The highest BCUT2D eigenvalue weighted by atomic mass is 32.1.